The minimum atomic E-state index is -0.224. The molecule has 0 spiro atoms. The Kier molecular flexibility index (Phi) is 7.02. The molecule has 1 fully saturated rings. The second kappa shape index (κ2) is 10.5. The molecule has 2 aromatic heterocycles. The number of carbonyl (C=O) groups excluding carboxylic acids is 1. The number of aromatic amines is 1. The molecule has 5 rings (SSSR count). The highest BCUT2D eigenvalue weighted by molar-refractivity contribution is 6.30. The third-order valence-corrected chi connectivity index (χ3v) is 6.83. The molecule has 0 atom stereocenters. The normalized spacial score (nSPS) is 14.1. The van der Waals surface area contributed by atoms with Crippen LogP contribution in [0.15, 0.2) is 73.1 Å². The van der Waals surface area contributed by atoms with Gasteiger partial charge in [-0.05, 0) is 55.5 Å². The molecule has 4 aromatic rings. The van der Waals surface area contributed by atoms with Gasteiger partial charge in [0, 0.05) is 78.2 Å². The first kappa shape index (κ1) is 24.0. The van der Waals surface area contributed by atoms with Crippen LogP contribution in [0.1, 0.15) is 21.6 Å². The van der Waals surface area contributed by atoms with Crippen molar-refractivity contribution >= 4 is 28.9 Å². The highest BCUT2D eigenvalue weighted by Crippen LogP contribution is 2.35. The largest absolute Gasteiger partial charge is 0.369 e. The standard InChI is InChI=1S/C28H27ClFN5O/c1-19-25(18-34-14-16-35(17-15-34)24-8-6-23(30)7-9-24)27(33-28(36)21-10-12-31-13-11-21)26(32-19)20-2-4-22(29)5-3-20/h2-13,32H,14-18H2,1H3,(H,33,36). The number of hydrogen-bond acceptors (Lipinski definition) is 4. The summed E-state index contributed by atoms with van der Waals surface area (Å²) in [4.78, 5) is 25.3. The van der Waals surface area contributed by atoms with Gasteiger partial charge < -0.3 is 15.2 Å². The Morgan fingerprint density at radius 1 is 1.00 bits per heavy atom. The van der Waals surface area contributed by atoms with E-state index in [2.05, 4.69) is 25.1 Å². The summed E-state index contributed by atoms with van der Waals surface area (Å²) in [6.45, 7) is 6.13. The van der Waals surface area contributed by atoms with Crippen LogP contribution < -0.4 is 10.2 Å². The number of hydrogen-bond donors (Lipinski definition) is 2. The minimum Gasteiger partial charge on any atom is -0.369 e. The second-order valence-electron chi connectivity index (χ2n) is 8.92. The van der Waals surface area contributed by atoms with E-state index in [-0.39, 0.29) is 11.7 Å². The summed E-state index contributed by atoms with van der Waals surface area (Å²) in [7, 11) is 0. The highest BCUT2D eigenvalue weighted by atomic mass is 35.5. The number of anilines is 2. The lowest BCUT2D eigenvalue weighted by molar-refractivity contribution is 0.102. The van der Waals surface area contributed by atoms with Crippen molar-refractivity contribution in [1.82, 2.24) is 14.9 Å². The van der Waals surface area contributed by atoms with Gasteiger partial charge in [0.25, 0.3) is 5.91 Å². The zero-order valence-corrected chi connectivity index (χ0v) is 20.7. The van der Waals surface area contributed by atoms with Gasteiger partial charge in [0.2, 0.25) is 0 Å². The van der Waals surface area contributed by atoms with Crippen molar-refractivity contribution in [2.24, 2.45) is 0 Å². The van der Waals surface area contributed by atoms with Crippen LogP contribution in [0.25, 0.3) is 11.3 Å². The van der Waals surface area contributed by atoms with Crippen molar-refractivity contribution in [3.05, 3.63) is 101 Å². The third-order valence-electron chi connectivity index (χ3n) is 6.58. The van der Waals surface area contributed by atoms with Crippen LogP contribution in [0.4, 0.5) is 15.8 Å². The molecule has 1 aliphatic heterocycles. The van der Waals surface area contributed by atoms with Crippen molar-refractivity contribution in [2.75, 3.05) is 36.4 Å². The van der Waals surface area contributed by atoms with Crippen LogP contribution in [-0.4, -0.2) is 47.0 Å². The average molecular weight is 504 g/mol. The van der Waals surface area contributed by atoms with Gasteiger partial charge in [0.15, 0.2) is 0 Å². The van der Waals surface area contributed by atoms with Gasteiger partial charge in [0.1, 0.15) is 5.82 Å². The maximum atomic E-state index is 13.3. The summed E-state index contributed by atoms with van der Waals surface area (Å²) in [5.74, 6) is -0.410. The van der Waals surface area contributed by atoms with E-state index < -0.39 is 0 Å². The van der Waals surface area contributed by atoms with Gasteiger partial charge in [0.05, 0.1) is 11.4 Å². The molecular formula is C28H27ClFN5O. The number of H-pyrrole nitrogens is 1. The molecule has 3 heterocycles. The molecule has 0 aliphatic carbocycles. The molecule has 8 heteroatoms. The fourth-order valence-electron chi connectivity index (χ4n) is 4.56. The van der Waals surface area contributed by atoms with Crippen molar-refractivity contribution in [1.29, 1.82) is 0 Å². The van der Waals surface area contributed by atoms with E-state index in [1.165, 1.54) is 12.1 Å². The summed E-state index contributed by atoms with van der Waals surface area (Å²) in [6, 6.07) is 17.6. The molecule has 2 aromatic carbocycles. The van der Waals surface area contributed by atoms with E-state index in [1.54, 1.807) is 24.5 Å². The monoisotopic (exact) mass is 503 g/mol. The number of nitrogens with zero attached hydrogens (tertiary/aromatic N) is 3. The van der Waals surface area contributed by atoms with Gasteiger partial charge in [-0.2, -0.15) is 0 Å². The highest BCUT2D eigenvalue weighted by Gasteiger charge is 2.24. The van der Waals surface area contributed by atoms with E-state index in [0.717, 1.165) is 60.1 Å². The maximum Gasteiger partial charge on any atom is 0.255 e. The Hall–Kier alpha value is -3.68. The molecule has 184 valence electrons. The molecule has 1 amide bonds. The van der Waals surface area contributed by atoms with Gasteiger partial charge >= 0.3 is 0 Å². The number of benzene rings is 2. The molecule has 0 saturated carbocycles. The maximum absolute atomic E-state index is 13.3. The van der Waals surface area contributed by atoms with Gasteiger partial charge in [-0.3, -0.25) is 14.7 Å². The number of aryl methyl sites for hydroxylation is 1. The first-order valence-electron chi connectivity index (χ1n) is 11.9. The number of piperazine rings is 1. The lowest BCUT2D eigenvalue weighted by atomic mass is 10.1. The van der Waals surface area contributed by atoms with Crippen molar-refractivity contribution in [3.63, 3.8) is 0 Å². The molecule has 1 aliphatic rings. The fourth-order valence-corrected chi connectivity index (χ4v) is 4.69. The smallest absolute Gasteiger partial charge is 0.255 e. The Bertz CT molecular complexity index is 1330. The van der Waals surface area contributed by atoms with E-state index >= 15 is 0 Å². The lowest BCUT2D eigenvalue weighted by Crippen LogP contribution is -2.46. The van der Waals surface area contributed by atoms with Crippen LogP contribution in [0.5, 0.6) is 0 Å². The number of carbonyl (C=O) groups is 1. The summed E-state index contributed by atoms with van der Waals surface area (Å²) in [5.41, 5.74) is 6.21. The fraction of sp³-hybridized carbons (Fsp3) is 0.214. The second-order valence-corrected chi connectivity index (χ2v) is 9.35. The lowest BCUT2D eigenvalue weighted by Gasteiger charge is -2.36. The van der Waals surface area contributed by atoms with Crippen LogP contribution in [-0.2, 0) is 6.54 Å². The predicted octanol–water partition coefficient (Wildman–Crippen LogP) is 5.75. The zero-order valence-electron chi connectivity index (χ0n) is 20.0. The first-order chi connectivity index (χ1) is 17.5. The number of halogens is 2. The average Bonchev–Trinajstić information content (AvgIpc) is 3.20. The first-order valence-corrected chi connectivity index (χ1v) is 12.3. The number of aromatic nitrogens is 2. The van der Waals surface area contributed by atoms with Crippen LogP contribution in [0, 0.1) is 12.7 Å². The van der Waals surface area contributed by atoms with Gasteiger partial charge in [-0.15, -0.1) is 0 Å². The molecule has 36 heavy (non-hydrogen) atoms. The number of amides is 1. The van der Waals surface area contributed by atoms with Crippen LogP contribution >= 0.6 is 11.6 Å². The van der Waals surface area contributed by atoms with E-state index in [1.807, 2.05) is 43.3 Å². The van der Waals surface area contributed by atoms with Gasteiger partial charge in [-0.1, -0.05) is 23.7 Å². The number of rotatable bonds is 6. The van der Waals surface area contributed by atoms with Crippen LogP contribution in [0.2, 0.25) is 5.02 Å². The number of nitrogens with one attached hydrogen (secondary N) is 2. The molecule has 0 bridgehead atoms. The molecule has 1 saturated heterocycles. The Balaban J connectivity index is 1.39. The molecule has 6 nitrogen and oxygen atoms in total. The van der Waals surface area contributed by atoms with E-state index in [9.17, 15) is 9.18 Å². The van der Waals surface area contributed by atoms with Crippen molar-refractivity contribution < 1.29 is 9.18 Å². The van der Waals surface area contributed by atoms with E-state index in [0.29, 0.717) is 17.1 Å². The van der Waals surface area contributed by atoms with Gasteiger partial charge in [-0.25, -0.2) is 4.39 Å². The molecule has 0 unspecified atom stereocenters. The number of pyridine rings is 1. The SMILES string of the molecule is Cc1[nH]c(-c2ccc(Cl)cc2)c(NC(=O)c2ccncc2)c1CN1CCN(c2ccc(F)cc2)CC1. The summed E-state index contributed by atoms with van der Waals surface area (Å²) < 4.78 is 13.3. The Morgan fingerprint density at radius 3 is 2.33 bits per heavy atom. The minimum absolute atomic E-state index is 0.186. The summed E-state index contributed by atoms with van der Waals surface area (Å²) in [6.07, 6.45) is 3.22. The molecule has 2 N–H and O–H groups in total. The van der Waals surface area contributed by atoms with Crippen molar-refractivity contribution in [2.45, 2.75) is 13.5 Å². The topological polar surface area (TPSA) is 64.3 Å². The molecular weight excluding hydrogens is 477 g/mol. The van der Waals surface area contributed by atoms with E-state index in [4.69, 9.17) is 11.6 Å². The predicted molar refractivity (Wildman–Crippen MR) is 142 cm³/mol. The summed E-state index contributed by atoms with van der Waals surface area (Å²) in [5, 5.41) is 3.81. The third kappa shape index (κ3) is 5.27. The summed E-state index contributed by atoms with van der Waals surface area (Å²) >= 11 is 6.12. The van der Waals surface area contributed by atoms with Crippen molar-refractivity contribution in [3.8, 4) is 11.3 Å². The Morgan fingerprint density at radius 2 is 1.67 bits per heavy atom. The quantitative estimate of drug-likeness (QED) is 0.351. The van der Waals surface area contributed by atoms with Crippen LogP contribution in [0.3, 0.4) is 0 Å². The zero-order chi connectivity index (χ0) is 25.1. The Labute approximate surface area is 214 Å². The molecule has 0 radical (unpaired) electrons.